The average molecular weight is 370 g/mol. The molecular formula is C21H27N3OS. The minimum Gasteiger partial charge on any atom is -0.497 e. The first kappa shape index (κ1) is 18.7. The van der Waals surface area contributed by atoms with Crippen molar-refractivity contribution in [1.82, 2.24) is 15.1 Å². The standard InChI is InChI=1S/C21H27N3OS/c1-17(19-6-4-3-5-7-19)23-12-14-24(15-13-23)21(26)22-16-18-8-10-20(25-2)11-9-18/h3-11,17H,12-16H2,1-2H3,(H,22,26). The molecule has 1 N–H and O–H groups in total. The van der Waals surface area contributed by atoms with Crippen LogP contribution in [0.25, 0.3) is 0 Å². The molecule has 1 atom stereocenters. The fourth-order valence-electron chi connectivity index (χ4n) is 3.29. The Morgan fingerprint density at radius 2 is 1.69 bits per heavy atom. The zero-order valence-corrected chi connectivity index (χ0v) is 16.3. The number of methoxy groups -OCH3 is 1. The zero-order chi connectivity index (χ0) is 18.4. The molecule has 5 heteroatoms. The Balaban J connectivity index is 1.45. The predicted molar refractivity (Wildman–Crippen MR) is 110 cm³/mol. The third-order valence-electron chi connectivity index (χ3n) is 5.03. The van der Waals surface area contributed by atoms with E-state index in [2.05, 4.69) is 64.5 Å². The lowest BCUT2D eigenvalue weighted by Crippen LogP contribution is -2.51. The van der Waals surface area contributed by atoms with Gasteiger partial charge in [0, 0.05) is 38.8 Å². The minimum atomic E-state index is 0.444. The largest absolute Gasteiger partial charge is 0.497 e. The van der Waals surface area contributed by atoms with Gasteiger partial charge < -0.3 is 15.0 Å². The van der Waals surface area contributed by atoms with E-state index in [9.17, 15) is 0 Å². The van der Waals surface area contributed by atoms with Gasteiger partial charge in [0.15, 0.2) is 5.11 Å². The van der Waals surface area contributed by atoms with Gasteiger partial charge in [-0.3, -0.25) is 4.90 Å². The number of nitrogens with zero attached hydrogens (tertiary/aromatic N) is 2. The van der Waals surface area contributed by atoms with Gasteiger partial charge in [-0.05, 0) is 42.4 Å². The van der Waals surface area contributed by atoms with Gasteiger partial charge >= 0.3 is 0 Å². The highest BCUT2D eigenvalue weighted by Crippen LogP contribution is 2.21. The molecule has 1 aliphatic heterocycles. The molecule has 1 heterocycles. The Hall–Kier alpha value is -2.11. The van der Waals surface area contributed by atoms with E-state index in [1.807, 2.05) is 12.1 Å². The molecule has 1 unspecified atom stereocenters. The predicted octanol–water partition coefficient (Wildman–Crippen LogP) is 3.45. The molecule has 0 aromatic heterocycles. The van der Waals surface area contributed by atoms with Crippen molar-refractivity contribution in [2.75, 3.05) is 33.3 Å². The number of thiocarbonyl (C=S) groups is 1. The number of nitrogens with one attached hydrogen (secondary N) is 1. The van der Waals surface area contributed by atoms with Crippen LogP contribution in [0.1, 0.15) is 24.1 Å². The van der Waals surface area contributed by atoms with Gasteiger partial charge in [0.25, 0.3) is 0 Å². The van der Waals surface area contributed by atoms with Crippen molar-refractivity contribution in [2.45, 2.75) is 19.5 Å². The second-order valence-corrected chi connectivity index (χ2v) is 7.00. The Kier molecular flexibility index (Phi) is 6.47. The number of hydrogen-bond donors (Lipinski definition) is 1. The van der Waals surface area contributed by atoms with E-state index in [1.165, 1.54) is 11.1 Å². The van der Waals surface area contributed by atoms with E-state index in [4.69, 9.17) is 17.0 Å². The third-order valence-corrected chi connectivity index (χ3v) is 5.44. The van der Waals surface area contributed by atoms with E-state index in [0.717, 1.165) is 43.6 Å². The Bertz CT molecular complexity index is 697. The first-order valence-corrected chi connectivity index (χ1v) is 9.53. The van der Waals surface area contributed by atoms with Gasteiger partial charge in [0.1, 0.15) is 5.75 Å². The molecule has 1 fully saturated rings. The lowest BCUT2D eigenvalue weighted by molar-refractivity contribution is 0.140. The first-order valence-electron chi connectivity index (χ1n) is 9.12. The molecule has 3 rings (SSSR count). The number of rotatable bonds is 5. The van der Waals surface area contributed by atoms with Crippen LogP contribution in [0.3, 0.4) is 0 Å². The van der Waals surface area contributed by atoms with Crippen molar-refractivity contribution in [2.24, 2.45) is 0 Å². The van der Waals surface area contributed by atoms with Crippen LogP contribution >= 0.6 is 12.2 Å². The maximum atomic E-state index is 5.59. The van der Waals surface area contributed by atoms with Crippen molar-refractivity contribution < 1.29 is 4.74 Å². The highest BCUT2D eigenvalue weighted by atomic mass is 32.1. The number of benzene rings is 2. The van der Waals surface area contributed by atoms with Crippen LogP contribution in [0.15, 0.2) is 54.6 Å². The molecule has 2 aromatic carbocycles. The van der Waals surface area contributed by atoms with Crippen LogP contribution in [0.4, 0.5) is 0 Å². The molecular weight excluding hydrogens is 342 g/mol. The molecule has 1 aliphatic rings. The summed E-state index contributed by atoms with van der Waals surface area (Å²) in [6, 6.07) is 19.2. The van der Waals surface area contributed by atoms with Crippen molar-refractivity contribution in [1.29, 1.82) is 0 Å². The second kappa shape index (κ2) is 9.01. The van der Waals surface area contributed by atoms with Crippen molar-refractivity contribution >= 4 is 17.3 Å². The van der Waals surface area contributed by atoms with Gasteiger partial charge in [-0.15, -0.1) is 0 Å². The maximum absolute atomic E-state index is 5.59. The van der Waals surface area contributed by atoms with E-state index in [0.29, 0.717) is 6.04 Å². The summed E-state index contributed by atoms with van der Waals surface area (Å²) in [6.45, 7) is 7.01. The summed E-state index contributed by atoms with van der Waals surface area (Å²) in [5, 5.41) is 4.22. The Morgan fingerprint density at radius 1 is 1.04 bits per heavy atom. The van der Waals surface area contributed by atoms with Crippen molar-refractivity contribution in [3.8, 4) is 5.75 Å². The molecule has 0 spiro atoms. The van der Waals surface area contributed by atoms with Crippen LogP contribution in [-0.4, -0.2) is 48.2 Å². The quantitative estimate of drug-likeness (QED) is 0.815. The summed E-state index contributed by atoms with van der Waals surface area (Å²) in [5.74, 6) is 0.875. The number of piperazine rings is 1. The monoisotopic (exact) mass is 369 g/mol. The van der Waals surface area contributed by atoms with Crippen LogP contribution in [0, 0.1) is 0 Å². The lowest BCUT2D eigenvalue weighted by Gasteiger charge is -2.39. The van der Waals surface area contributed by atoms with E-state index in [-0.39, 0.29) is 0 Å². The molecule has 0 bridgehead atoms. The highest BCUT2D eigenvalue weighted by Gasteiger charge is 2.23. The van der Waals surface area contributed by atoms with Crippen LogP contribution in [0.2, 0.25) is 0 Å². The van der Waals surface area contributed by atoms with Crippen LogP contribution < -0.4 is 10.1 Å². The van der Waals surface area contributed by atoms with E-state index in [1.54, 1.807) is 7.11 Å². The first-order chi connectivity index (χ1) is 12.7. The normalized spacial score (nSPS) is 16.2. The Labute approximate surface area is 161 Å². The zero-order valence-electron chi connectivity index (χ0n) is 15.5. The van der Waals surface area contributed by atoms with Gasteiger partial charge in [0.05, 0.1) is 7.11 Å². The molecule has 138 valence electrons. The molecule has 0 aliphatic carbocycles. The van der Waals surface area contributed by atoms with Gasteiger partial charge in [0.2, 0.25) is 0 Å². The summed E-state index contributed by atoms with van der Waals surface area (Å²) >= 11 is 5.59. The maximum Gasteiger partial charge on any atom is 0.169 e. The molecule has 4 nitrogen and oxygen atoms in total. The summed E-state index contributed by atoms with van der Waals surface area (Å²) in [6.07, 6.45) is 0. The fraction of sp³-hybridized carbons (Fsp3) is 0.381. The summed E-state index contributed by atoms with van der Waals surface area (Å²) < 4.78 is 5.19. The SMILES string of the molecule is COc1ccc(CNC(=S)N2CCN(C(C)c3ccccc3)CC2)cc1. The summed E-state index contributed by atoms with van der Waals surface area (Å²) in [5.41, 5.74) is 2.57. The van der Waals surface area contributed by atoms with Gasteiger partial charge in [-0.25, -0.2) is 0 Å². The molecule has 0 radical (unpaired) electrons. The van der Waals surface area contributed by atoms with Crippen LogP contribution in [-0.2, 0) is 6.54 Å². The Morgan fingerprint density at radius 3 is 2.31 bits per heavy atom. The number of ether oxygens (including phenoxy) is 1. The number of hydrogen-bond acceptors (Lipinski definition) is 3. The summed E-state index contributed by atoms with van der Waals surface area (Å²) in [4.78, 5) is 4.80. The fourth-order valence-corrected chi connectivity index (χ4v) is 3.54. The van der Waals surface area contributed by atoms with E-state index >= 15 is 0 Å². The van der Waals surface area contributed by atoms with Crippen LogP contribution in [0.5, 0.6) is 5.75 Å². The molecule has 1 saturated heterocycles. The van der Waals surface area contributed by atoms with Gasteiger partial charge in [-0.2, -0.15) is 0 Å². The average Bonchev–Trinajstić information content (AvgIpc) is 2.72. The van der Waals surface area contributed by atoms with Crippen molar-refractivity contribution in [3.63, 3.8) is 0 Å². The molecule has 0 saturated carbocycles. The minimum absolute atomic E-state index is 0.444. The van der Waals surface area contributed by atoms with E-state index < -0.39 is 0 Å². The topological polar surface area (TPSA) is 27.7 Å². The second-order valence-electron chi connectivity index (χ2n) is 6.62. The highest BCUT2D eigenvalue weighted by molar-refractivity contribution is 7.80. The smallest absolute Gasteiger partial charge is 0.169 e. The molecule has 0 amide bonds. The van der Waals surface area contributed by atoms with Crippen molar-refractivity contribution in [3.05, 3.63) is 65.7 Å². The van der Waals surface area contributed by atoms with Gasteiger partial charge in [-0.1, -0.05) is 42.5 Å². The summed E-state index contributed by atoms with van der Waals surface area (Å²) in [7, 11) is 1.68. The molecule has 26 heavy (non-hydrogen) atoms. The molecule has 2 aromatic rings. The third kappa shape index (κ3) is 4.74. The lowest BCUT2D eigenvalue weighted by atomic mass is 10.1.